The Morgan fingerprint density at radius 3 is 2.52 bits per heavy atom. The summed E-state index contributed by atoms with van der Waals surface area (Å²) in [4.78, 5) is 22.5. The van der Waals surface area contributed by atoms with Crippen LogP contribution < -0.4 is 20.7 Å². The molecule has 0 aliphatic heterocycles. The van der Waals surface area contributed by atoms with Crippen LogP contribution in [0.15, 0.2) is 18.2 Å². The second kappa shape index (κ2) is 8.84. The first-order valence-electron chi connectivity index (χ1n) is 7.03. The van der Waals surface area contributed by atoms with Gasteiger partial charge in [0.2, 0.25) is 5.91 Å². The number of hydrogen-bond acceptors (Lipinski definition) is 3. The number of carbonyl (C=O) groups is 2. The summed E-state index contributed by atoms with van der Waals surface area (Å²) < 4.78 is 5.29. The Bertz CT molecular complexity index is 489. The van der Waals surface area contributed by atoms with Crippen molar-refractivity contribution in [1.82, 2.24) is 10.6 Å². The minimum Gasteiger partial charge on any atom is -0.496 e. The van der Waals surface area contributed by atoms with E-state index in [9.17, 15) is 9.59 Å². The Balaban J connectivity index is 2.59. The Kier molecular flexibility index (Phi) is 7.08. The third-order valence-electron chi connectivity index (χ3n) is 2.82. The lowest BCUT2D eigenvalue weighted by molar-refractivity contribution is -0.114. The van der Waals surface area contributed by atoms with E-state index in [-0.39, 0.29) is 11.9 Å². The van der Waals surface area contributed by atoms with Crippen molar-refractivity contribution >= 4 is 17.6 Å². The molecule has 3 amide bonds. The zero-order valence-electron chi connectivity index (χ0n) is 12.8. The molecule has 6 heteroatoms. The third-order valence-corrected chi connectivity index (χ3v) is 2.82. The summed E-state index contributed by atoms with van der Waals surface area (Å²) in [5.41, 5.74) is 1.65. The first-order chi connectivity index (χ1) is 10.1. The summed E-state index contributed by atoms with van der Waals surface area (Å²) in [6.45, 7) is 4.62. The maximum Gasteiger partial charge on any atom is 0.314 e. The van der Waals surface area contributed by atoms with E-state index in [2.05, 4.69) is 16.0 Å². The first kappa shape index (κ1) is 16.8. The van der Waals surface area contributed by atoms with E-state index >= 15 is 0 Å². The SMILES string of the molecule is CCCNC(=O)NCCc1cc(NC(C)=O)ccc1OC. The minimum absolute atomic E-state index is 0.122. The van der Waals surface area contributed by atoms with E-state index < -0.39 is 0 Å². The lowest BCUT2D eigenvalue weighted by Gasteiger charge is -2.12. The standard InChI is InChI=1S/C15H23N3O3/c1-4-8-16-15(20)17-9-7-12-10-13(18-11(2)19)5-6-14(12)21-3/h5-6,10H,4,7-9H2,1-3H3,(H,18,19)(H2,16,17,20). The topological polar surface area (TPSA) is 79.5 Å². The monoisotopic (exact) mass is 293 g/mol. The van der Waals surface area contributed by atoms with Gasteiger partial charge in [0.05, 0.1) is 7.11 Å². The normalized spacial score (nSPS) is 9.86. The number of anilines is 1. The lowest BCUT2D eigenvalue weighted by atomic mass is 10.1. The van der Waals surface area contributed by atoms with Gasteiger partial charge in [-0.2, -0.15) is 0 Å². The highest BCUT2D eigenvalue weighted by atomic mass is 16.5. The Morgan fingerprint density at radius 2 is 1.90 bits per heavy atom. The predicted molar refractivity (Wildman–Crippen MR) is 82.7 cm³/mol. The van der Waals surface area contributed by atoms with Gasteiger partial charge in [-0.15, -0.1) is 0 Å². The average molecular weight is 293 g/mol. The fourth-order valence-electron chi connectivity index (χ4n) is 1.87. The van der Waals surface area contributed by atoms with Gasteiger partial charge in [0.25, 0.3) is 0 Å². The highest BCUT2D eigenvalue weighted by Gasteiger charge is 2.06. The molecule has 1 aromatic rings. The van der Waals surface area contributed by atoms with Crippen LogP contribution in [0.2, 0.25) is 0 Å². The van der Waals surface area contributed by atoms with E-state index in [0.717, 1.165) is 17.7 Å². The van der Waals surface area contributed by atoms with Crippen molar-refractivity contribution in [2.24, 2.45) is 0 Å². The Morgan fingerprint density at radius 1 is 1.19 bits per heavy atom. The van der Waals surface area contributed by atoms with Crippen LogP contribution in [0, 0.1) is 0 Å². The van der Waals surface area contributed by atoms with E-state index in [4.69, 9.17) is 4.74 Å². The van der Waals surface area contributed by atoms with Crippen molar-refractivity contribution in [3.8, 4) is 5.75 Å². The van der Waals surface area contributed by atoms with Crippen LogP contribution in [0.4, 0.5) is 10.5 Å². The molecule has 0 atom stereocenters. The minimum atomic E-state index is -0.172. The molecule has 0 heterocycles. The number of carbonyl (C=O) groups excluding carboxylic acids is 2. The van der Waals surface area contributed by atoms with Crippen molar-refractivity contribution in [3.05, 3.63) is 23.8 Å². The van der Waals surface area contributed by atoms with E-state index in [1.807, 2.05) is 13.0 Å². The molecule has 6 nitrogen and oxygen atoms in total. The number of amides is 3. The lowest BCUT2D eigenvalue weighted by Crippen LogP contribution is -2.36. The molecule has 0 spiro atoms. The van der Waals surface area contributed by atoms with Crippen molar-refractivity contribution in [2.45, 2.75) is 26.7 Å². The molecule has 0 aliphatic carbocycles. The summed E-state index contributed by atoms with van der Waals surface area (Å²) in [5.74, 6) is 0.614. The summed E-state index contributed by atoms with van der Waals surface area (Å²) in [5, 5.41) is 8.26. The van der Waals surface area contributed by atoms with E-state index in [1.165, 1.54) is 6.92 Å². The number of urea groups is 1. The molecule has 0 saturated heterocycles. The molecule has 0 aromatic heterocycles. The van der Waals surface area contributed by atoms with Gasteiger partial charge in [0.1, 0.15) is 5.75 Å². The maximum absolute atomic E-state index is 11.4. The molecule has 1 rings (SSSR count). The van der Waals surface area contributed by atoms with Gasteiger partial charge >= 0.3 is 6.03 Å². The Labute approximate surface area is 125 Å². The quantitative estimate of drug-likeness (QED) is 0.718. The van der Waals surface area contributed by atoms with Crippen LogP contribution in [0.3, 0.4) is 0 Å². The van der Waals surface area contributed by atoms with Gasteiger partial charge in [0.15, 0.2) is 0 Å². The maximum atomic E-state index is 11.4. The number of methoxy groups -OCH3 is 1. The van der Waals surface area contributed by atoms with Gasteiger partial charge in [-0.3, -0.25) is 4.79 Å². The van der Waals surface area contributed by atoms with E-state index in [1.54, 1.807) is 19.2 Å². The highest BCUT2D eigenvalue weighted by Crippen LogP contribution is 2.22. The Hall–Kier alpha value is -2.24. The van der Waals surface area contributed by atoms with Crippen LogP contribution in [-0.4, -0.2) is 32.1 Å². The van der Waals surface area contributed by atoms with Crippen LogP contribution in [0.5, 0.6) is 5.75 Å². The molecule has 0 fully saturated rings. The van der Waals surface area contributed by atoms with Gasteiger partial charge in [-0.25, -0.2) is 4.79 Å². The zero-order valence-corrected chi connectivity index (χ0v) is 12.8. The molecular formula is C15H23N3O3. The average Bonchev–Trinajstić information content (AvgIpc) is 2.45. The predicted octanol–water partition coefficient (Wildman–Crippen LogP) is 1.91. The van der Waals surface area contributed by atoms with Crippen molar-refractivity contribution in [3.63, 3.8) is 0 Å². The van der Waals surface area contributed by atoms with Crippen molar-refractivity contribution < 1.29 is 14.3 Å². The third kappa shape index (κ3) is 6.16. The molecule has 0 unspecified atom stereocenters. The van der Waals surface area contributed by atoms with Crippen LogP contribution in [0.1, 0.15) is 25.8 Å². The zero-order chi connectivity index (χ0) is 15.7. The van der Waals surface area contributed by atoms with Crippen LogP contribution in [0.25, 0.3) is 0 Å². The molecule has 3 N–H and O–H groups in total. The number of ether oxygens (including phenoxy) is 1. The summed E-state index contributed by atoms with van der Waals surface area (Å²) in [6.07, 6.45) is 1.52. The second-order valence-electron chi connectivity index (χ2n) is 4.64. The number of hydrogen-bond donors (Lipinski definition) is 3. The smallest absolute Gasteiger partial charge is 0.314 e. The molecule has 0 radical (unpaired) electrons. The highest BCUT2D eigenvalue weighted by molar-refractivity contribution is 5.88. The van der Waals surface area contributed by atoms with E-state index in [0.29, 0.717) is 25.2 Å². The first-order valence-corrected chi connectivity index (χ1v) is 7.03. The summed E-state index contributed by atoms with van der Waals surface area (Å²) >= 11 is 0. The van der Waals surface area contributed by atoms with Crippen LogP contribution in [-0.2, 0) is 11.2 Å². The van der Waals surface area contributed by atoms with Gasteiger partial charge in [-0.1, -0.05) is 6.92 Å². The molecule has 21 heavy (non-hydrogen) atoms. The second-order valence-corrected chi connectivity index (χ2v) is 4.64. The number of nitrogens with one attached hydrogen (secondary N) is 3. The van der Waals surface area contributed by atoms with Crippen LogP contribution >= 0.6 is 0 Å². The summed E-state index contributed by atoms with van der Waals surface area (Å²) in [6, 6.07) is 5.27. The molecule has 0 saturated carbocycles. The van der Waals surface area contributed by atoms with Gasteiger partial charge in [-0.05, 0) is 36.6 Å². The molecule has 0 aliphatic rings. The number of benzene rings is 1. The molecule has 1 aromatic carbocycles. The largest absolute Gasteiger partial charge is 0.496 e. The number of rotatable bonds is 7. The van der Waals surface area contributed by atoms with Gasteiger partial charge < -0.3 is 20.7 Å². The summed E-state index contributed by atoms with van der Waals surface area (Å²) in [7, 11) is 1.60. The fourth-order valence-corrected chi connectivity index (χ4v) is 1.87. The van der Waals surface area contributed by atoms with Crippen molar-refractivity contribution in [1.29, 1.82) is 0 Å². The molecule has 0 bridgehead atoms. The van der Waals surface area contributed by atoms with Gasteiger partial charge in [0, 0.05) is 25.7 Å². The molecule has 116 valence electrons. The fraction of sp³-hybridized carbons (Fsp3) is 0.467. The van der Waals surface area contributed by atoms with Crippen molar-refractivity contribution in [2.75, 3.05) is 25.5 Å². The molecular weight excluding hydrogens is 270 g/mol.